The average Bonchev–Trinajstić information content (AvgIpc) is 3.77. The molecule has 2 N–H and O–H groups in total. The van der Waals surface area contributed by atoms with Crippen molar-refractivity contribution >= 4 is 52.0 Å². The maximum Gasteiger partial charge on any atom is 0.263 e. The number of aromatic nitrogens is 4. The minimum Gasteiger partial charge on any atom is -0.368 e. The number of nitrogens with one attached hydrogen (secondary N) is 2. The number of anilines is 3. The van der Waals surface area contributed by atoms with Crippen LogP contribution in [0.2, 0.25) is 0 Å². The predicted molar refractivity (Wildman–Crippen MR) is 194 cm³/mol. The van der Waals surface area contributed by atoms with Crippen molar-refractivity contribution in [3.05, 3.63) is 80.9 Å². The number of fused-ring (bicyclic) bond motifs is 2. The SMILES string of the molecule is CC(=O)c1c(C)c2cnc(Nc3ccc(N4CCN(Cc5ccc6c(c5)CN(C5CCC(=O)NC5=O)C6=O)CC4)cn3)nc2n(C2CCCC2)c1=O. The van der Waals surface area contributed by atoms with E-state index in [9.17, 15) is 24.0 Å². The van der Waals surface area contributed by atoms with Gasteiger partial charge >= 0.3 is 0 Å². The van der Waals surface area contributed by atoms with E-state index in [0.717, 1.165) is 75.2 Å². The van der Waals surface area contributed by atoms with Crippen molar-refractivity contribution in [3.63, 3.8) is 0 Å². The van der Waals surface area contributed by atoms with Gasteiger partial charge in [-0.25, -0.2) is 9.97 Å². The number of benzene rings is 1. The number of piperidine rings is 1. The number of aryl methyl sites for hydroxylation is 1. The standard InChI is InChI=1S/C38H41N9O5/c1-22-29-19-40-38(43-34(29)47(26-5-3-4-6-26)37(52)33(22)23(2)48)41-31-11-8-27(18-39-31)45-15-13-44(14-16-45)20-24-7-9-28-25(17-24)21-46(36(28)51)30-10-12-32(49)42-35(30)50/h7-9,11,17-19,26,30H,3-6,10,12-16,20-21H2,1-2H3,(H,42,49,50)(H,39,40,41,43). The maximum atomic E-state index is 13.5. The molecule has 4 aromatic rings. The fourth-order valence-electron chi connectivity index (χ4n) is 8.22. The first-order valence-corrected chi connectivity index (χ1v) is 18.0. The molecule has 0 bridgehead atoms. The first-order chi connectivity index (χ1) is 25.1. The van der Waals surface area contributed by atoms with Gasteiger partial charge in [0.25, 0.3) is 11.5 Å². The average molecular weight is 704 g/mol. The molecular weight excluding hydrogens is 662 g/mol. The van der Waals surface area contributed by atoms with Crippen molar-refractivity contribution in [2.24, 2.45) is 0 Å². The van der Waals surface area contributed by atoms with Crippen LogP contribution in [0.5, 0.6) is 0 Å². The molecule has 0 spiro atoms. The highest BCUT2D eigenvalue weighted by Crippen LogP contribution is 2.33. The number of carbonyl (C=O) groups excluding carboxylic acids is 4. The predicted octanol–water partition coefficient (Wildman–Crippen LogP) is 3.64. The summed E-state index contributed by atoms with van der Waals surface area (Å²) in [6, 6.07) is 9.23. The number of nitrogens with zero attached hydrogens (tertiary/aromatic N) is 7. The fourth-order valence-corrected chi connectivity index (χ4v) is 8.22. The molecule has 52 heavy (non-hydrogen) atoms. The number of carbonyl (C=O) groups is 4. The normalized spacial score (nSPS) is 19.7. The number of piperazine rings is 1. The second-order valence-electron chi connectivity index (χ2n) is 14.3. The van der Waals surface area contributed by atoms with Gasteiger partial charge in [-0.05, 0) is 68.0 Å². The quantitative estimate of drug-likeness (QED) is 0.204. The highest BCUT2D eigenvalue weighted by Gasteiger charge is 2.39. The van der Waals surface area contributed by atoms with E-state index in [1.165, 1.54) is 6.92 Å². The van der Waals surface area contributed by atoms with Crippen LogP contribution in [0.1, 0.15) is 88.9 Å². The van der Waals surface area contributed by atoms with E-state index < -0.39 is 11.9 Å². The molecule has 1 atom stereocenters. The van der Waals surface area contributed by atoms with Crippen molar-refractivity contribution in [2.45, 2.75) is 77.5 Å². The van der Waals surface area contributed by atoms with Gasteiger partial charge in [0.15, 0.2) is 5.78 Å². The van der Waals surface area contributed by atoms with Crippen molar-refractivity contribution < 1.29 is 19.2 Å². The summed E-state index contributed by atoms with van der Waals surface area (Å²) in [5.41, 5.74) is 4.75. The summed E-state index contributed by atoms with van der Waals surface area (Å²) in [5, 5.41) is 6.26. The molecule has 0 radical (unpaired) electrons. The van der Waals surface area contributed by atoms with Crippen LogP contribution in [0.25, 0.3) is 11.0 Å². The molecule has 3 aromatic heterocycles. The lowest BCUT2D eigenvalue weighted by Crippen LogP contribution is -2.52. The number of hydrogen-bond donors (Lipinski definition) is 2. The molecule has 3 aliphatic heterocycles. The largest absolute Gasteiger partial charge is 0.368 e. The van der Waals surface area contributed by atoms with Gasteiger partial charge in [0.2, 0.25) is 17.8 Å². The number of imide groups is 1. The first kappa shape index (κ1) is 33.6. The molecule has 8 rings (SSSR count). The summed E-state index contributed by atoms with van der Waals surface area (Å²) in [7, 11) is 0. The van der Waals surface area contributed by atoms with Gasteiger partial charge in [-0.2, -0.15) is 4.98 Å². The Kier molecular flexibility index (Phi) is 8.77. The second kappa shape index (κ2) is 13.6. The molecule has 14 heteroatoms. The number of rotatable bonds is 8. The third kappa shape index (κ3) is 6.20. The third-order valence-electron chi connectivity index (χ3n) is 11.0. The number of Topliss-reactive ketones (excluding diaryl/α,β-unsaturated/α-hetero) is 1. The molecule has 2 saturated heterocycles. The van der Waals surface area contributed by atoms with Crippen LogP contribution in [0, 0.1) is 6.92 Å². The molecule has 268 valence electrons. The van der Waals surface area contributed by atoms with E-state index in [2.05, 4.69) is 36.5 Å². The molecule has 4 aliphatic rings. The van der Waals surface area contributed by atoms with E-state index in [1.54, 1.807) is 22.6 Å². The molecule has 1 aromatic carbocycles. The van der Waals surface area contributed by atoms with Gasteiger partial charge < -0.3 is 15.1 Å². The summed E-state index contributed by atoms with van der Waals surface area (Å²) in [4.78, 5) is 83.2. The van der Waals surface area contributed by atoms with Gasteiger partial charge in [0.05, 0.1) is 17.4 Å². The van der Waals surface area contributed by atoms with Crippen molar-refractivity contribution in [1.82, 2.24) is 34.6 Å². The summed E-state index contributed by atoms with van der Waals surface area (Å²) < 4.78 is 1.71. The van der Waals surface area contributed by atoms with Gasteiger partial charge in [0.1, 0.15) is 17.5 Å². The Morgan fingerprint density at radius 3 is 2.46 bits per heavy atom. The number of amides is 3. The number of pyridine rings is 2. The van der Waals surface area contributed by atoms with Crippen LogP contribution >= 0.6 is 0 Å². The van der Waals surface area contributed by atoms with Crippen LogP contribution in [0.3, 0.4) is 0 Å². The van der Waals surface area contributed by atoms with Crippen molar-refractivity contribution in [1.29, 1.82) is 0 Å². The zero-order chi connectivity index (χ0) is 36.1. The van der Waals surface area contributed by atoms with E-state index in [0.29, 0.717) is 46.9 Å². The molecule has 3 amide bonds. The van der Waals surface area contributed by atoms with E-state index in [-0.39, 0.29) is 41.2 Å². The van der Waals surface area contributed by atoms with Crippen LogP contribution < -0.4 is 21.1 Å². The minimum atomic E-state index is -0.616. The van der Waals surface area contributed by atoms with Gasteiger partial charge in [-0.15, -0.1) is 0 Å². The Morgan fingerprint density at radius 2 is 1.75 bits per heavy atom. The third-order valence-corrected chi connectivity index (χ3v) is 11.0. The Bertz CT molecular complexity index is 2170. The zero-order valence-electron chi connectivity index (χ0n) is 29.4. The molecule has 14 nitrogen and oxygen atoms in total. The molecular formula is C38H41N9O5. The van der Waals surface area contributed by atoms with Gasteiger partial charge in [-0.1, -0.05) is 25.0 Å². The smallest absolute Gasteiger partial charge is 0.263 e. The molecule has 1 aliphatic carbocycles. The zero-order valence-corrected chi connectivity index (χ0v) is 29.4. The summed E-state index contributed by atoms with van der Waals surface area (Å²) in [6.07, 6.45) is 7.94. The lowest BCUT2D eigenvalue weighted by molar-refractivity contribution is -0.136. The Balaban J connectivity index is 0.898. The van der Waals surface area contributed by atoms with E-state index >= 15 is 0 Å². The Labute approximate surface area is 300 Å². The lowest BCUT2D eigenvalue weighted by atomic mass is 10.0. The summed E-state index contributed by atoms with van der Waals surface area (Å²) in [5.74, 6) is -0.178. The van der Waals surface area contributed by atoms with E-state index in [4.69, 9.17) is 4.98 Å². The van der Waals surface area contributed by atoms with Crippen LogP contribution in [0.15, 0.2) is 47.5 Å². The number of ketones is 1. The topological polar surface area (TPSA) is 163 Å². The van der Waals surface area contributed by atoms with Crippen LogP contribution in [-0.4, -0.2) is 85.0 Å². The molecule has 6 heterocycles. The molecule has 1 saturated carbocycles. The first-order valence-electron chi connectivity index (χ1n) is 18.0. The fraction of sp³-hybridized carbons (Fsp3) is 0.421. The second-order valence-corrected chi connectivity index (χ2v) is 14.3. The summed E-state index contributed by atoms with van der Waals surface area (Å²) in [6.45, 7) is 7.72. The van der Waals surface area contributed by atoms with Gasteiger partial charge in [0, 0.05) is 68.9 Å². The Morgan fingerprint density at radius 1 is 0.962 bits per heavy atom. The highest BCUT2D eigenvalue weighted by atomic mass is 16.2. The molecule has 3 fully saturated rings. The maximum absolute atomic E-state index is 13.5. The van der Waals surface area contributed by atoms with Crippen LogP contribution in [-0.2, 0) is 22.7 Å². The highest BCUT2D eigenvalue weighted by molar-refractivity contribution is 6.05. The number of hydrogen-bond acceptors (Lipinski definition) is 11. The monoisotopic (exact) mass is 703 g/mol. The Hall–Kier alpha value is -5.50. The van der Waals surface area contributed by atoms with Crippen LogP contribution in [0.4, 0.5) is 17.5 Å². The van der Waals surface area contributed by atoms with Gasteiger partial charge in [-0.3, -0.25) is 38.8 Å². The van der Waals surface area contributed by atoms with E-state index in [1.807, 2.05) is 30.5 Å². The lowest BCUT2D eigenvalue weighted by Gasteiger charge is -2.36. The minimum absolute atomic E-state index is 0.00577. The molecule has 1 unspecified atom stereocenters. The van der Waals surface area contributed by atoms with Crippen molar-refractivity contribution in [3.8, 4) is 0 Å². The van der Waals surface area contributed by atoms with Crippen molar-refractivity contribution in [2.75, 3.05) is 36.4 Å². The summed E-state index contributed by atoms with van der Waals surface area (Å²) >= 11 is 0.